The highest BCUT2D eigenvalue weighted by atomic mass is 32.1. The van der Waals surface area contributed by atoms with Crippen LogP contribution in [-0.2, 0) is 19.1 Å². The molecular weight excluding hydrogens is 366 g/mol. The van der Waals surface area contributed by atoms with Gasteiger partial charge in [-0.15, -0.1) is 11.3 Å². The highest BCUT2D eigenvalue weighted by Crippen LogP contribution is 2.35. The van der Waals surface area contributed by atoms with E-state index in [0.29, 0.717) is 10.6 Å². The van der Waals surface area contributed by atoms with Crippen LogP contribution in [0.4, 0.5) is 5.69 Å². The SMILES string of the molecule is CCOC(=O)c1sc(-c2ccccc2)cc1NC(=O)COC(=O)C1CCC1. The van der Waals surface area contributed by atoms with Crippen molar-refractivity contribution in [2.75, 3.05) is 18.5 Å². The van der Waals surface area contributed by atoms with Gasteiger partial charge in [-0.05, 0) is 31.4 Å². The van der Waals surface area contributed by atoms with Crippen LogP contribution in [0.2, 0.25) is 0 Å². The van der Waals surface area contributed by atoms with Crippen molar-refractivity contribution < 1.29 is 23.9 Å². The van der Waals surface area contributed by atoms with Crippen LogP contribution in [0.25, 0.3) is 10.4 Å². The average molecular weight is 387 g/mol. The van der Waals surface area contributed by atoms with Gasteiger partial charge in [-0.1, -0.05) is 36.8 Å². The zero-order valence-corrected chi connectivity index (χ0v) is 15.8. The number of anilines is 1. The molecule has 0 saturated heterocycles. The fourth-order valence-corrected chi connectivity index (χ4v) is 3.67. The number of amides is 1. The Morgan fingerprint density at radius 3 is 2.52 bits per heavy atom. The summed E-state index contributed by atoms with van der Waals surface area (Å²) in [7, 11) is 0. The Kier molecular flexibility index (Phi) is 6.24. The molecular formula is C20H21NO5S. The van der Waals surface area contributed by atoms with Gasteiger partial charge in [0, 0.05) is 4.88 Å². The van der Waals surface area contributed by atoms with E-state index in [4.69, 9.17) is 9.47 Å². The minimum Gasteiger partial charge on any atom is -0.462 e. The quantitative estimate of drug-likeness (QED) is 0.729. The predicted octanol–water partition coefficient (Wildman–Crippen LogP) is 3.87. The number of rotatable bonds is 7. The maximum Gasteiger partial charge on any atom is 0.350 e. The van der Waals surface area contributed by atoms with Gasteiger partial charge in [-0.25, -0.2) is 4.79 Å². The van der Waals surface area contributed by atoms with Crippen molar-refractivity contribution in [2.24, 2.45) is 5.92 Å². The summed E-state index contributed by atoms with van der Waals surface area (Å²) < 4.78 is 10.1. The summed E-state index contributed by atoms with van der Waals surface area (Å²) in [4.78, 5) is 37.3. The lowest BCUT2D eigenvalue weighted by molar-refractivity contribution is -0.154. The molecule has 1 saturated carbocycles. The molecule has 0 radical (unpaired) electrons. The maximum atomic E-state index is 12.2. The van der Waals surface area contributed by atoms with E-state index in [2.05, 4.69) is 5.32 Å². The molecule has 0 aliphatic heterocycles. The van der Waals surface area contributed by atoms with Crippen molar-refractivity contribution in [3.63, 3.8) is 0 Å². The molecule has 1 aliphatic carbocycles. The fourth-order valence-electron chi connectivity index (χ4n) is 2.66. The van der Waals surface area contributed by atoms with Crippen molar-refractivity contribution in [3.05, 3.63) is 41.3 Å². The molecule has 0 atom stereocenters. The average Bonchev–Trinajstić information content (AvgIpc) is 3.03. The lowest BCUT2D eigenvalue weighted by Gasteiger charge is -2.22. The van der Waals surface area contributed by atoms with Crippen LogP contribution < -0.4 is 5.32 Å². The summed E-state index contributed by atoms with van der Waals surface area (Å²) in [5.41, 5.74) is 1.30. The number of carbonyl (C=O) groups is 3. The first-order chi connectivity index (χ1) is 13.1. The first-order valence-electron chi connectivity index (χ1n) is 8.91. The third-order valence-electron chi connectivity index (χ3n) is 4.31. The summed E-state index contributed by atoms with van der Waals surface area (Å²) >= 11 is 1.25. The Balaban J connectivity index is 1.72. The fraction of sp³-hybridized carbons (Fsp3) is 0.350. The lowest BCUT2D eigenvalue weighted by Crippen LogP contribution is -2.28. The van der Waals surface area contributed by atoms with Crippen LogP contribution in [-0.4, -0.2) is 31.1 Å². The number of nitrogens with one attached hydrogen (secondary N) is 1. The molecule has 1 amide bonds. The molecule has 6 nitrogen and oxygen atoms in total. The molecule has 2 aromatic rings. The van der Waals surface area contributed by atoms with E-state index < -0.39 is 11.9 Å². The minimum absolute atomic E-state index is 0.0845. The van der Waals surface area contributed by atoms with Crippen LogP contribution in [0.15, 0.2) is 36.4 Å². The minimum atomic E-state index is -0.494. The van der Waals surface area contributed by atoms with E-state index in [1.165, 1.54) is 11.3 Å². The Bertz CT molecular complexity index is 826. The second-order valence-corrected chi connectivity index (χ2v) is 7.28. The van der Waals surface area contributed by atoms with Crippen LogP contribution in [0.5, 0.6) is 0 Å². The second-order valence-electron chi connectivity index (χ2n) is 6.22. The normalized spacial score (nSPS) is 13.5. The summed E-state index contributed by atoms with van der Waals surface area (Å²) in [5, 5.41) is 2.66. The van der Waals surface area contributed by atoms with Gasteiger partial charge in [0.25, 0.3) is 5.91 Å². The molecule has 1 N–H and O–H groups in total. The summed E-state index contributed by atoms with van der Waals surface area (Å²) in [6, 6.07) is 11.3. The Morgan fingerprint density at radius 1 is 1.15 bits per heavy atom. The highest BCUT2D eigenvalue weighted by molar-refractivity contribution is 7.18. The van der Waals surface area contributed by atoms with E-state index in [9.17, 15) is 14.4 Å². The number of thiophene rings is 1. The van der Waals surface area contributed by atoms with Gasteiger partial charge in [0.2, 0.25) is 0 Å². The van der Waals surface area contributed by atoms with E-state index >= 15 is 0 Å². The molecule has 3 rings (SSSR count). The van der Waals surface area contributed by atoms with Gasteiger partial charge in [0.15, 0.2) is 6.61 Å². The smallest absolute Gasteiger partial charge is 0.350 e. The van der Waals surface area contributed by atoms with Crippen molar-refractivity contribution in [1.29, 1.82) is 0 Å². The number of hydrogen-bond acceptors (Lipinski definition) is 6. The van der Waals surface area contributed by atoms with Crippen LogP contribution >= 0.6 is 11.3 Å². The Labute approximate surface area is 161 Å². The third kappa shape index (κ3) is 4.74. The molecule has 7 heteroatoms. The molecule has 1 aliphatic rings. The Hall–Kier alpha value is -2.67. The monoisotopic (exact) mass is 387 g/mol. The van der Waals surface area contributed by atoms with Crippen molar-refractivity contribution in [3.8, 4) is 10.4 Å². The summed E-state index contributed by atoms with van der Waals surface area (Å²) in [6.45, 7) is 1.60. The first-order valence-corrected chi connectivity index (χ1v) is 9.73. The van der Waals surface area contributed by atoms with E-state index in [1.54, 1.807) is 13.0 Å². The van der Waals surface area contributed by atoms with Gasteiger partial charge in [-0.2, -0.15) is 0 Å². The van der Waals surface area contributed by atoms with Crippen LogP contribution in [0, 0.1) is 5.92 Å². The van der Waals surface area contributed by atoms with E-state index in [-0.39, 0.29) is 25.1 Å². The van der Waals surface area contributed by atoms with Crippen LogP contribution in [0.1, 0.15) is 35.9 Å². The summed E-state index contributed by atoms with van der Waals surface area (Å²) in [5.74, 6) is -1.40. The first kappa shape index (κ1) is 19.1. The van der Waals surface area contributed by atoms with E-state index in [0.717, 1.165) is 29.7 Å². The maximum absolute atomic E-state index is 12.2. The number of esters is 2. The molecule has 27 heavy (non-hydrogen) atoms. The summed E-state index contributed by atoms with van der Waals surface area (Å²) in [6.07, 6.45) is 2.66. The Morgan fingerprint density at radius 2 is 1.89 bits per heavy atom. The van der Waals surface area contributed by atoms with Crippen molar-refractivity contribution in [1.82, 2.24) is 0 Å². The second kappa shape index (κ2) is 8.81. The van der Waals surface area contributed by atoms with Gasteiger partial charge in [-0.3, -0.25) is 9.59 Å². The standard InChI is InChI=1S/C20H21NO5S/c1-2-25-20(24)18-15(11-16(27-18)13-7-4-3-5-8-13)21-17(22)12-26-19(23)14-9-6-10-14/h3-5,7-8,11,14H,2,6,9-10,12H2,1H3,(H,21,22). The number of ether oxygens (including phenoxy) is 2. The van der Waals surface area contributed by atoms with Crippen LogP contribution in [0.3, 0.4) is 0 Å². The molecule has 1 fully saturated rings. The zero-order valence-electron chi connectivity index (χ0n) is 15.0. The number of carbonyl (C=O) groups excluding carboxylic acids is 3. The number of benzene rings is 1. The molecule has 142 valence electrons. The highest BCUT2D eigenvalue weighted by Gasteiger charge is 2.27. The molecule has 1 aromatic heterocycles. The van der Waals surface area contributed by atoms with Gasteiger partial charge < -0.3 is 14.8 Å². The molecule has 1 heterocycles. The van der Waals surface area contributed by atoms with Gasteiger partial charge in [0.05, 0.1) is 18.2 Å². The third-order valence-corrected chi connectivity index (χ3v) is 5.47. The van der Waals surface area contributed by atoms with E-state index in [1.807, 2.05) is 30.3 Å². The topological polar surface area (TPSA) is 81.7 Å². The zero-order chi connectivity index (χ0) is 19.2. The molecule has 0 spiro atoms. The van der Waals surface area contributed by atoms with Gasteiger partial charge in [0.1, 0.15) is 4.88 Å². The van der Waals surface area contributed by atoms with Gasteiger partial charge >= 0.3 is 11.9 Å². The molecule has 0 bridgehead atoms. The van der Waals surface area contributed by atoms with Crippen molar-refractivity contribution >= 4 is 34.9 Å². The largest absolute Gasteiger partial charge is 0.462 e. The molecule has 1 aromatic carbocycles. The number of hydrogen-bond donors (Lipinski definition) is 1. The predicted molar refractivity (Wildman–Crippen MR) is 103 cm³/mol. The lowest BCUT2D eigenvalue weighted by atomic mass is 9.86. The molecule has 0 unspecified atom stereocenters. The van der Waals surface area contributed by atoms with Crippen molar-refractivity contribution in [2.45, 2.75) is 26.2 Å².